The second kappa shape index (κ2) is 4.90. The van der Waals surface area contributed by atoms with Crippen molar-refractivity contribution in [1.82, 2.24) is 9.78 Å². The second-order valence-electron chi connectivity index (χ2n) is 4.02. The first-order chi connectivity index (χ1) is 8.15. The largest absolute Gasteiger partial charge is 0.326 e. The molecule has 1 aromatic carbocycles. The highest BCUT2D eigenvalue weighted by atomic mass is 35.5. The van der Waals surface area contributed by atoms with Crippen LogP contribution in [0.3, 0.4) is 0 Å². The molecule has 2 aromatic rings. The number of aryl methyl sites for hydroxylation is 2. The van der Waals surface area contributed by atoms with E-state index < -0.39 is 0 Å². The molecular weight excluding hydrogens is 234 g/mol. The van der Waals surface area contributed by atoms with E-state index in [0.29, 0.717) is 6.54 Å². The molecular formula is C13H16ClN3. The van der Waals surface area contributed by atoms with Crippen molar-refractivity contribution in [3.63, 3.8) is 0 Å². The lowest BCUT2D eigenvalue weighted by atomic mass is 9.99. The van der Waals surface area contributed by atoms with Crippen LogP contribution in [-0.2, 0) is 20.0 Å². The van der Waals surface area contributed by atoms with E-state index in [1.165, 1.54) is 0 Å². The molecule has 2 N–H and O–H groups in total. The van der Waals surface area contributed by atoms with Gasteiger partial charge in [-0.2, -0.15) is 5.10 Å². The van der Waals surface area contributed by atoms with Crippen LogP contribution in [0.15, 0.2) is 24.4 Å². The van der Waals surface area contributed by atoms with Gasteiger partial charge in [0, 0.05) is 30.4 Å². The van der Waals surface area contributed by atoms with Crippen LogP contribution in [0.1, 0.15) is 18.2 Å². The fourth-order valence-electron chi connectivity index (χ4n) is 2.00. The molecule has 1 heterocycles. The fraction of sp³-hybridized carbons (Fsp3) is 0.308. The minimum absolute atomic E-state index is 0.505. The molecule has 2 rings (SSSR count). The monoisotopic (exact) mass is 249 g/mol. The molecule has 0 spiro atoms. The first-order valence-electron chi connectivity index (χ1n) is 5.67. The molecule has 0 radical (unpaired) electrons. The number of nitrogens with zero attached hydrogens (tertiary/aromatic N) is 2. The second-order valence-corrected chi connectivity index (χ2v) is 4.46. The summed E-state index contributed by atoms with van der Waals surface area (Å²) in [4.78, 5) is 0. The van der Waals surface area contributed by atoms with Crippen LogP contribution in [0.4, 0.5) is 0 Å². The Morgan fingerprint density at radius 1 is 1.35 bits per heavy atom. The Morgan fingerprint density at radius 3 is 2.76 bits per heavy atom. The highest BCUT2D eigenvalue weighted by molar-refractivity contribution is 6.30. The molecule has 0 aliphatic carbocycles. The Morgan fingerprint density at radius 2 is 2.12 bits per heavy atom. The van der Waals surface area contributed by atoms with Gasteiger partial charge in [-0.15, -0.1) is 0 Å². The van der Waals surface area contributed by atoms with Gasteiger partial charge in [-0.05, 0) is 29.7 Å². The SMILES string of the molecule is CCc1nn(C)cc1-c1cc(Cl)ccc1CN. The summed E-state index contributed by atoms with van der Waals surface area (Å²) in [6.07, 6.45) is 2.91. The van der Waals surface area contributed by atoms with E-state index in [1.54, 1.807) is 0 Å². The molecule has 4 heteroatoms. The summed E-state index contributed by atoms with van der Waals surface area (Å²) in [5.41, 5.74) is 10.1. The van der Waals surface area contributed by atoms with E-state index >= 15 is 0 Å². The van der Waals surface area contributed by atoms with Crippen molar-refractivity contribution in [2.75, 3.05) is 0 Å². The predicted octanol–water partition coefficient (Wildman–Crippen LogP) is 2.76. The average molecular weight is 250 g/mol. The van der Waals surface area contributed by atoms with E-state index in [9.17, 15) is 0 Å². The normalized spacial score (nSPS) is 10.8. The zero-order valence-corrected chi connectivity index (χ0v) is 10.8. The van der Waals surface area contributed by atoms with E-state index in [-0.39, 0.29) is 0 Å². The highest BCUT2D eigenvalue weighted by Gasteiger charge is 2.12. The highest BCUT2D eigenvalue weighted by Crippen LogP contribution is 2.29. The van der Waals surface area contributed by atoms with E-state index in [4.69, 9.17) is 17.3 Å². The van der Waals surface area contributed by atoms with Crippen LogP contribution in [0.25, 0.3) is 11.1 Å². The van der Waals surface area contributed by atoms with Crippen molar-refractivity contribution >= 4 is 11.6 Å². The number of benzene rings is 1. The van der Waals surface area contributed by atoms with Gasteiger partial charge in [-0.25, -0.2) is 0 Å². The lowest BCUT2D eigenvalue weighted by molar-refractivity contribution is 0.746. The maximum absolute atomic E-state index is 6.06. The summed E-state index contributed by atoms with van der Waals surface area (Å²) in [5.74, 6) is 0. The maximum Gasteiger partial charge on any atom is 0.0700 e. The van der Waals surface area contributed by atoms with E-state index in [2.05, 4.69) is 12.0 Å². The molecule has 0 unspecified atom stereocenters. The summed E-state index contributed by atoms with van der Waals surface area (Å²) in [6, 6.07) is 5.80. The van der Waals surface area contributed by atoms with Gasteiger partial charge in [0.1, 0.15) is 0 Å². The molecule has 0 aliphatic heterocycles. The predicted molar refractivity (Wildman–Crippen MR) is 70.9 cm³/mol. The number of rotatable bonds is 3. The Balaban J connectivity index is 2.61. The number of hydrogen-bond acceptors (Lipinski definition) is 2. The fourth-order valence-corrected chi connectivity index (χ4v) is 2.17. The van der Waals surface area contributed by atoms with Crippen molar-refractivity contribution in [3.8, 4) is 11.1 Å². The Hall–Kier alpha value is -1.32. The lowest BCUT2D eigenvalue weighted by Crippen LogP contribution is -1.99. The third-order valence-electron chi connectivity index (χ3n) is 2.82. The summed E-state index contributed by atoms with van der Waals surface area (Å²) in [6.45, 7) is 2.60. The molecule has 0 bridgehead atoms. The van der Waals surface area contributed by atoms with Gasteiger partial charge >= 0.3 is 0 Å². The standard InChI is InChI=1S/C13H16ClN3/c1-3-13-12(8-17(2)16-13)11-6-10(14)5-4-9(11)7-15/h4-6,8H,3,7,15H2,1-2H3. The van der Waals surface area contributed by atoms with Gasteiger partial charge in [-0.3, -0.25) is 4.68 Å². The minimum atomic E-state index is 0.505. The van der Waals surface area contributed by atoms with Crippen LogP contribution in [0.5, 0.6) is 0 Å². The third kappa shape index (κ3) is 2.35. The zero-order valence-electron chi connectivity index (χ0n) is 10.1. The molecule has 0 aliphatic rings. The quantitative estimate of drug-likeness (QED) is 0.909. The number of hydrogen-bond donors (Lipinski definition) is 1. The van der Waals surface area contributed by atoms with Gasteiger partial charge in [0.25, 0.3) is 0 Å². The van der Waals surface area contributed by atoms with Gasteiger partial charge in [0.05, 0.1) is 5.69 Å². The van der Waals surface area contributed by atoms with E-state index in [1.807, 2.05) is 36.1 Å². The first-order valence-corrected chi connectivity index (χ1v) is 6.05. The van der Waals surface area contributed by atoms with Crippen LogP contribution < -0.4 is 5.73 Å². The Labute approximate surface area is 106 Å². The van der Waals surface area contributed by atoms with Gasteiger partial charge in [0.15, 0.2) is 0 Å². The Kier molecular flexibility index (Phi) is 3.50. The number of aromatic nitrogens is 2. The maximum atomic E-state index is 6.06. The van der Waals surface area contributed by atoms with Crippen LogP contribution in [0.2, 0.25) is 5.02 Å². The van der Waals surface area contributed by atoms with Crippen LogP contribution in [0, 0.1) is 0 Å². The molecule has 90 valence electrons. The topological polar surface area (TPSA) is 43.8 Å². The van der Waals surface area contributed by atoms with Crippen molar-refractivity contribution in [2.45, 2.75) is 19.9 Å². The smallest absolute Gasteiger partial charge is 0.0700 e. The summed E-state index contributed by atoms with van der Waals surface area (Å²) < 4.78 is 1.83. The number of nitrogens with two attached hydrogens (primary N) is 1. The average Bonchev–Trinajstić information content (AvgIpc) is 2.70. The molecule has 0 amide bonds. The summed E-state index contributed by atoms with van der Waals surface area (Å²) in [5, 5.41) is 5.17. The van der Waals surface area contributed by atoms with Gasteiger partial charge < -0.3 is 5.73 Å². The van der Waals surface area contributed by atoms with Crippen molar-refractivity contribution in [1.29, 1.82) is 0 Å². The lowest BCUT2D eigenvalue weighted by Gasteiger charge is -2.07. The number of halogens is 1. The molecule has 0 atom stereocenters. The summed E-state index contributed by atoms with van der Waals surface area (Å²) in [7, 11) is 1.93. The van der Waals surface area contributed by atoms with Crippen LogP contribution >= 0.6 is 11.6 Å². The Bertz CT molecular complexity index is 531. The van der Waals surface area contributed by atoms with Crippen molar-refractivity contribution < 1.29 is 0 Å². The zero-order chi connectivity index (χ0) is 12.4. The molecule has 0 fully saturated rings. The summed E-state index contributed by atoms with van der Waals surface area (Å²) >= 11 is 6.06. The third-order valence-corrected chi connectivity index (χ3v) is 3.06. The first kappa shape index (κ1) is 12.1. The molecule has 1 aromatic heterocycles. The van der Waals surface area contributed by atoms with Crippen LogP contribution in [-0.4, -0.2) is 9.78 Å². The van der Waals surface area contributed by atoms with Gasteiger partial charge in [0.2, 0.25) is 0 Å². The molecule has 0 saturated heterocycles. The van der Waals surface area contributed by atoms with Crippen molar-refractivity contribution in [3.05, 3.63) is 40.7 Å². The minimum Gasteiger partial charge on any atom is -0.326 e. The molecule has 3 nitrogen and oxygen atoms in total. The van der Waals surface area contributed by atoms with E-state index in [0.717, 1.165) is 33.8 Å². The van der Waals surface area contributed by atoms with Crippen molar-refractivity contribution in [2.24, 2.45) is 12.8 Å². The molecule has 0 saturated carbocycles. The molecule has 17 heavy (non-hydrogen) atoms. The van der Waals surface area contributed by atoms with Gasteiger partial charge in [-0.1, -0.05) is 24.6 Å².